The summed E-state index contributed by atoms with van der Waals surface area (Å²) in [4.78, 5) is 0. The Kier molecular flexibility index (Phi) is 8.65. The van der Waals surface area contributed by atoms with Crippen molar-refractivity contribution < 1.29 is 0 Å². The Balaban J connectivity index is 1.47. The predicted molar refractivity (Wildman–Crippen MR) is 152 cm³/mol. The first-order chi connectivity index (χ1) is 16.6. The van der Waals surface area contributed by atoms with Crippen LogP contribution in [0.2, 0.25) is 0 Å². The second-order valence-corrected chi connectivity index (χ2v) is 10.8. The molecular weight excluding hydrogens is 450 g/mol. The van der Waals surface area contributed by atoms with Crippen LogP contribution in [-0.4, -0.2) is 13.1 Å². The fourth-order valence-electron chi connectivity index (χ4n) is 4.41. The summed E-state index contributed by atoms with van der Waals surface area (Å²) in [6, 6.07) is 42.8. The van der Waals surface area contributed by atoms with E-state index in [1.54, 1.807) is 0 Å². The average molecular weight is 485 g/mol. The fraction of sp³-hybridized carbons (Fsp3) is 0.200. The van der Waals surface area contributed by atoms with E-state index in [0.29, 0.717) is 0 Å². The maximum Gasteiger partial charge on any atom is 0.0616 e. The Morgan fingerprint density at radius 3 is 1.06 bits per heavy atom. The number of hydrogen-bond acceptors (Lipinski definition) is 2. The number of benzene rings is 4. The number of rotatable bonds is 11. The molecule has 0 radical (unpaired) electrons. The summed E-state index contributed by atoms with van der Waals surface area (Å²) in [5.41, 5.74) is 5.17. The molecule has 0 saturated carbocycles. The molecule has 0 aliphatic rings. The minimum Gasteiger partial charge on any atom is -0.303 e. The van der Waals surface area contributed by atoms with Crippen molar-refractivity contribution in [2.45, 2.75) is 23.4 Å². The Morgan fingerprint density at radius 1 is 0.441 bits per heavy atom. The molecule has 0 aliphatic heterocycles. The van der Waals surface area contributed by atoms with Crippen molar-refractivity contribution in [3.05, 3.63) is 144 Å². The summed E-state index contributed by atoms with van der Waals surface area (Å²) in [5.74, 6) is 0. The van der Waals surface area contributed by atoms with Crippen molar-refractivity contribution in [2.75, 3.05) is 13.1 Å². The van der Waals surface area contributed by atoms with E-state index in [-0.39, 0.29) is 10.6 Å². The van der Waals surface area contributed by atoms with E-state index in [0.717, 1.165) is 25.9 Å². The van der Waals surface area contributed by atoms with Gasteiger partial charge in [-0.3, -0.25) is 0 Å². The van der Waals surface area contributed by atoms with Crippen molar-refractivity contribution in [1.29, 1.82) is 0 Å². The lowest BCUT2D eigenvalue weighted by atomic mass is 9.97. The zero-order chi connectivity index (χ0) is 23.7. The summed E-state index contributed by atoms with van der Waals surface area (Å²) in [5, 5.41) is 7.21. The molecule has 0 saturated heterocycles. The van der Waals surface area contributed by atoms with Crippen LogP contribution < -0.4 is 10.6 Å². The van der Waals surface area contributed by atoms with Crippen LogP contribution in [-0.2, 0) is 23.4 Å². The van der Waals surface area contributed by atoms with Gasteiger partial charge in [-0.25, -0.2) is 0 Å². The molecule has 4 aromatic rings. The van der Waals surface area contributed by atoms with E-state index >= 15 is 0 Å². The molecule has 0 bridgehead atoms. The highest BCUT2D eigenvalue weighted by Crippen LogP contribution is 2.34. The van der Waals surface area contributed by atoms with E-state index in [2.05, 4.69) is 150 Å². The number of nitrogens with one attached hydrogen (secondary N) is 2. The van der Waals surface area contributed by atoms with Crippen molar-refractivity contribution in [1.82, 2.24) is 10.6 Å². The van der Waals surface area contributed by atoms with Gasteiger partial charge in [0, 0.05) is 13.1 Å². The van der Waals surface area contributed by atoms with E-state index in [9.17, 15) is 0 Å². The van der Waals surface area contributed by atoms with Crippen molar-refractivity contribution in [2.24, 2.45) is 0 Å². The van der Waals surface area contributed by atoms with Gasteiger partial charge in [-0.15, -0.1) is 18.5 Å². The minimum absolute atomic E-state index is 0.236. The van der Waals surface area contributed by atoms with Crippen LogP contribution >= 0.6 is 18.5 Å². The van der Waals surface area contributed by atoms with Gasteiger partial charge in [0.1, 0.15) is 0 Å². The van der Waals surface area contributed by atoms with Crippen molar-refractivity contribution in [3.8, 4) is 0 Å². The minimum atomic E-state index is -0.236. The molecule has 0 amide bonds. The Hall–Kier alpha value is -2.34. The molecule has 2 nitrogen and oxygen atoms in total. The third-order valence-electron chi connectivity index (χ3n) is 6.24. The molecule has 2 N–H and O–H groups in total. The predicted octanol–water partition coefficient (Wildman–Crippen LogP) is 6.11. The summed E-state index contributed by atoms with van der Waals surface area (Å²) in [7, 11) is 6.18. The van der Waals surface area contributed by atoms with E-state index in [4.69, 9.17) is 0 Å². The standard InChI is InChI=1S/C30H34N2P2/c33-29(27-17-9-3-10-18-27,23-25-13-5-1-6-14-25)31-21-22-32-30(34,28-19-11-4-12-20-28)24-26-15-7-2-8-16-26/h1-20,31-32H,21-24,33-34H2. The molecule has 4 atom stereocenters. The summed E-state index contributed by atoms with van der Waals surface area (Å²) in [6.07, 6.45) is 1.80. The first-order valence-electron chi connectivity index (χ1n) is 11.8. The maximum atomic E-state index is 3.84. The lowest BCUT2D eigenvalue weighted by Gasteiger charge is -2.35. The fourth-order valence-corrected chi connectivity index (χ4v) is 5.56. The third-order valence-corrected chi connectivity index (χ3v) is 7.72. The Morgan fingerprint density at radius 2 is 0.735 bits per heavy atom. The molecule has 174 valence electrons. The van der Waals surface area contributed by atoms with E-state index in [1.165, 1.54) is 22.3 Å². The highest BCUT2D eigenvalue weighted by atomic mass is 31.0. The van der Waals surface area contributed by atoms with Gasteiger partial charge < -0.3 is 10.6 Å². The van der Waals surface area contributed by atoms with E-state index < -0.39 is 0 Å². The van der Waals surface area contributed by atoms with Gasteiger partial charge in [0.2, 0.25) is 0 Å². The highest BCUT2D eigenvalue weighted by molar-refractivity contribution is 7.18. The molecule has 4 heteroatoms. The molecular formula is C30H34N2P2. The van der Waals surface area contributed by atoms with Crippen LogP contribution in [0, 0.1) is 0 Å². The van der Waals surface area contributed by atoms with Crippen molar-refractivity contribution in [3.63, 3.8) is 0 Å². The van der Waals surface area contributed by atoms with Crippen LogP contribution in [0.25, 0.3) is 0 Å². The molecule has 0 heterocycles. The third kappa shape index (κ3) is 6.62. The Labute approximate surface area is 209 Å². The second-order valence-electron chi connectivity index (χ2n) is 8.85. The van der Waals surface area contributed by atoms with Crippen LogP contribution in [0.4, 0.5) is 0 Å². The summed E-state index contributed by atoms with van der Waals surface area (Å²) >= 11 is 0. The van der Waals surface area contributed by atoms with Crippen LogP contribution in [0.1, 0.15) is 22.3 Å². The van der Waals surface area contributed by atoms with Gasteiger partial charge in [0.05, 0.1) is 10.6 Å². The van der Waals surface area contributed by atoms with Crippen LogP contribution in [0.15, 0.2) is 121 Å². The molecule has 0 aliphatic carbocycles. The summed E-state index contributed by atoms with van der Waals surface area (Å²) < 4.78 is 0. The molecule has 0 aromatic heterocycles. The maximum absolute atomic E-state index is 3.84. The molecule has 4 rings (SSSR count). The van der Waals surface area contributed by atoms with Gasteiger partial charge in [0.15, 0.2) is 0 Å². The average Bonchev–Trinajstić information content (AvgIpc) is 2.89. The smallest absolute Gasteiger partial charge is 0.0616 e. The lowest BCUT2D eigenvalue weighted by molar-refractivity contribution is 0.429. The van der Waals surface area contributed by atoms with Gasteiger partial charge in [-0.2, -0.15) is 0 Å². The van der Waals surface area contributed by atoms with Crippen molar-refractivity contribution >= 4 is 18.5 Å². The monoisotopic (exact) mass is 484 g/mol. The normalized spacial score (nSPS) is 14.8. The number of hydrogen-bond donors (Lipinski definition) is 2. The quantitative estimate of drug-likeness (QED) is 0.198. The zero-order valence-electron chi connectivity index (χ0n) is 19.5. The van der Waals surface area contributed by atoms with Crippen LogP contribution in [0.5, 0.6) is 0 Å². The van der Waals surface area contributed by atoms with Gasteiger partial charge in [-0.05, 0) is 35.1 Å². The first-order valence-corrected chi connectivity index (χ1v) is 13.0. The van der Waals surface area contributed by atoms with Gasteiger partial charge in [-0.1, -0.05) is 121 Å². The van der Waals surface area contributed by atoms with E-state index in [1.807, 2.05) is 0 Å². The summed E-state index contributed by atoms with van der Waals surface area (Å²) in [6.45, 7) is 1.67. The largest absolute Gasteiger partial charge is 0.303 e. The second kappa shape index (κ2) is 11.9. The molecule has 0 fully saturated rings. The van der Waals surface area contributed by atoms with Gasteiger partial charge >= 0.3 is 0 Å². The van der Waals surface area contributed by atoms with Gasteiger partial charge in [0.25, 0.3) is 0 Å². The molecule has 4 unspecified atom stereocenters. The van der Waals surface area contributed by atoms with Crippen LogP contribution in [0.3, 0.4) is 0 Å². The highest BCUT2D eigenvalue weighted by Gasteiger charge is 2.29. The molecule has 34 heavy (non-hydrogen) atoms. The topological polar surface area (TPSA) is 24.1 Å². The SMILES string of the molecule is PC(Cc1ccccc1)(NCCNC(P)(Cc1ccccc1)c1ccccc1)c1ccccc1. The Bertz CT molecular complexity index is 1030. The zero-order valence-corrected chi connectivity index (χ0v) is 21.8. The lowest BCUT2D eigenvalue weighted by Crippen LogP contribution is -2.46. The first kappa shape index (κ1) is 24.8. The molecule has 0 spiro atoms. The molecule has 4 aromatic carbocycles.